The number of rotatable bonds is 4. The summed E-state index contributed by atoms with van der Waals surface area (Å²) in [5.74, 6) is -0.296. The van der Waals surface area contributed by atoms with Gasteiger partial charge in [-0.1, -0.05) is 22.0 Å². The normalized spacial score (nSPS) is 10.4. The van der Waals surface area contributed by atoms with E-state index in [1.165, 1.54) is 11.8 Å². The molecule has 0 aromatic heterocycles. The number of benzene rings is 1. The highest BCUT2D eigenvalue weighted by atomic mass is 79.9. The summed E-state index contributed by atoms with van der Waals surface area (Å²) in [6.07, 6.45) is 0. The average Bonchev–Trinajstić information content (AvgIpc) is 2.30. The lowest BCUT2D eigenvalue weighted by Crippen LogP contribution is -2.41. The largest absolute Gasteiger partial charge is 0.331 e. The van der Waals surface area contributed by atoms with Gasteiger partial charge in [-0.05, 0) is 38.5 Å². The lowest BCUT2D eigenvalue weighted by molar-refractivity contribution is -0.134. The van der Waals surface area contributed by atoms with Crippen molar-refractivity contribution >= 4 is 33.4 Å². The van der Waals surface area contributed by atoms with Crippen LogP contribution in [0.2, 0.25) is 0 Å². The van der Waals surface area contributed by atoms with E-state index in [1.807, 2.05) is 39.0 Å². The quantitative estimate of drug-likeness (QED) is 0.924. The second kappa shape index (κ2) is 6.70. The minimum atomic E-state index is -0.195. The average molecular weight is 327 g/mol. The van der Waals surface area contributed by atoms with Gasteiger partial charge in [0.1, 0.15) is 6.54 Å². The van der Waals surface area contributed by atoms with Crippen molar-refractivity contribution < 1.29 is 9.59 Å². The molecule has 1 aromatic carbocycles. The van der Waals surface area contributed by atoms with E-state index in [1.54, 1.807) is 0 Å². The van der Waals surface area contributed by atoms with E-state index in [0.29, 0.717) is 0 Å². The molecule has 2 amide bonds. The van der Waals surface area contributed by atoms with E-state index in [4.69, 9.17) is 0 Å². The molecule has 0 unspecified atom stereocenters. The van der Waals surface area contributed by atoms with Crippen LogP contribution in [-0.4, -0.2) is 29.3 Å². The lowest BCUT2D eigenvalue weighted by atomic mass is 10.2. The zero-order valence-corrected chi connectivity index (χ0v) is 13.2. The SMILES string of the molecule is CC(=O)N(CC(=O)Nc1ccc(C)c(Br)c1)C(C)C. The smallest absolute Gasteiger partial charge is 0.244 e. The van der Waals surface area contributed by atoms with Crippen LogP contribution in [0.3, 0.4) is 0 Å². The van der Waals surface area contributed by atoms with Crippen molar-refractivity contribution in [3.8, 4) is 0 Å². The van der Waals surface area contributed by atoms with Crippen LogP contribution in [0, 0.1) is 6.92 Å². The summed E-state index contributed by atoms with van der Waals surface area (Å²) in [7, 11) is 0. The van der Waals surface area contributed by atoms with Crippen LogP contribution >= 0.6 is 15.9 Å². The van der Waals surface area contributed by atoms with E-state index in [-0.39, 0.29) is 24.4 Å². The third-order valence-corrected chi connectivity index (χ3v) is 3.65. The molecule has 5 heteroatoms. The Labute approximate surface area is 122 Å². The topological polar surface area (TPSA) is 49.4 Å². The maximum atomic E-state index is 11.9. The zero-order valence-electron chi connectivity index (χ0n) is 11.7. The van der Waals surface area contributed by atoms with Gasteiger partial charge in [-0.3, -0.25) is 9.59 Å². The molecule has 0 radical (unpaired) electrons. The van der Waals surface area contributed by atoms with Crippen molar-refractivity contribution in [3.05, 3.63) is 28.2 Å². The van der Waals surface area contributed by atoms with Crippen LogP contribution in [0.1, 0.15) is 26.3 Å². The summed E-state index contributed by atoms with van der Waals surface area (Å²) in [6, 6.07) is 5.62. The van der Waals surface area contributed by atoms with Crippen molar-refractivity contribution in [2.45, 2.75) is 33.7 Å². The van der Waals surface area contributed by atoms with Gasteiger partial charge in [-0.25, -0.2) is 0 Å². The van der Waals surface area contributed by atoms with Crippen LogP contribution in [0.4, 0.5) is 5.69 Å². The molecule has 0 bridgehead atoms. The van der Waals surface area contributed by atoms with Crippen molar-refractivity contribution in [3.63, 3.8) is 0 Å². The third kappa shape index (κ3) is 4.67. The van der Waals surface area contributed by atoms with Crippen molar-refractivity contribution in [2.24, 2.45) is 0 Å². The summed E-state index contributed by atoms with van der Waals surface area (Å²) >= 11 is 3.42. The second-order valence-corrected chi connectivity index (χ2v) is 5.61. The number of nitrogens with one attached hydrogen (secondary N) is 1. The van der Waals surface area contributed by atoms with E-state index in [0.717, 1.165) is 15.7 Å². The molecule has 104 valence electrons. The summed E-state index contributed by atoms with van der Waals surface area (Å²) in [5, 5.41) is 2.79. The molecule has 0 saturated carbocycles. The predicted molar refractivity (Wildman–Crippen MR) is 80.0 cm³/mol. The van der Waals surface area contributed by atoms with Gasteiger partial charge in [0, 0.05) is 23.1 Å². The Kier molecular flexibility index (Phi) is 5.54. The van der Waals surface area contributed by atoms with Crippen LogP contribution < -0.4 is 5.32 Å². The molecule has 19 heavy (non-hydrogen) atoms. The standard InChI is InChI=1S/C14H19BrN2O2/c1-9(2)17(11(4)18)8-14(19)16-12-6-5-10(3)13(15)7-12/h5-7,9H,8H2,1-4H3,(H,16,19). The van der Waals surface area contributed by atoms with Crippen molar-refractivity contribution in [2.75, 3.05) is 11.9 Å². The fourth-order valence-electron chi connectivity index (χ4n) is 1.68. The van der Waals surface area contributed by atoms with Gasteiger partial charge in [0.15, 0.2) is 0 Å². The first-order valence-electron chi connectivity index (χ1n) is 6.14. The minimum absolute atomic E-state index is 0.00741. The first-order chi connectivity index (χ1) is 8.81. The third-order valence-electron chi connectivity index (χ3n) is 2.80. The molecule has 0 heterocycles. The van der Waals surface area contributed by atoms with Gasteiger partial charge in [-0.15, -0.1) is 0 Å². The molecule has 0 fully saturated rings. The predicted octanol–water partition coefficient (Wildman–Crippen LogP) is 2.95. The Bertz CT molecular complexity index is 486. The fourth-order valence-corrected chi connectivity index (χ4v) is 2.06. The van der Waals surface area contributed by atoms with Crippen LogP contribution in [0.25, 0.3) is 0 Å². The van der Waals surface area contributed by atoms with Crippen molar-refractivity contribution in [1.82, 2.24) is 4.90 Å². The Balaban J connectivity index is 2.69. The molecule has 1 N–H and O–H groups in total. The van der Waals surface area contributed by atoms with Crippen LogP contribution in [-0.2, 0) is 9.59 Å². The molecule has 0 aliphatic rings. The number of hydrogen-bond donors (Lipinski definition) is 1. The molecule has 0 atom stereocenters. The first kappa shape index (κ1) is 15.7. The first-order valence-corrected chi connectivity index (χ1v) is 6.93. The molecule has 0 saturated heterocycles. The van der Waals surface area contributed by atoms with Gasteiger partial charge in [0.2, 0.25) is 11.8 Å². The fraction of sp³-hybridized carbons (Fsp3) is 0.429. The summed E-state index contributed by atoms with van der Waals surface area (Å²) in [4.78, 5) is 24.8. The highest BCUT2D eigenvalue weighted by molar-refractivity contribution is 9.10. The van der Waals surface area contributed by atoms with Gasteiger partial charge in [0.05, 0.1) is 0 Å². The maximum absolute atomic E-state index is 11.9. The lowest BCUT2D eigenvalue weighted by Gasteiger charge is -2.24. The van der Waals surface area contributed by atoms with Crippen LogP contribution in [0.15, 0.2) is 22.7 Å². The summed E-state index contributed by atoms with van der Waals surface area (Å²) in [6.45, 7) is 7.29. The van der Waals surface area contributed by atoms with Gasteiger partial charge in [-0.2, -0.15) is 0 Å². The Morgan fingerprint density at radius 2 is 2.00 bits per heavy atom. The molecule has 0 spiro atoms. The van der Waals surface area contributed by atoms with Gasteiger partial charge < -0.3 is 10.2 Å². The molecular weight excluding hydrogens is 308 g/mol. The van der Waals surface area contributed by atoms with Gasteiger partial charge >= 0.3 is 0 Å². The van der Waals surface area contributed by atoms with E-state index in [2.05, 4.69) is 21.2 Å². The summed E-state index contributed by atoms with van der Waals surface area (Å²) < 4.78 is 0.942. The van der Waals surface area contributed by atoms with Crippen molar-refractivity contribution in [1.29, 1.82) is 0 Å². The number of nitrogens with zero attached hydrogens (tertiary/aromatic N) is 1. The minimum Gasteiger partial charge on any atom is -0.331 e. The second-order valence-electron chi connectivity index (χ2n) is 4.75. The Morgan fingerprint density at radius 3 is 2.47 bits per heavy atom. The number of anilines is 1. The van der Waals surface area contributed by atoms with E-state index < -0.39 is 0 Å². The molecule has 0 aliphatic carbocycles. The number of carbonyl (C=O) groups is 2. The number of carbonyl (C=O) groups excluding carboxylic acids is 2. The van der Waals surface area contributed by atoms with Gasteiger partial charge in [0.25, 0.3) is 0 Å². The van der Waals surface area contributed by atoms with Crippen LogP contribution in [0.5, 0.6) is 0 Å². The number of aryl methyl sites for hydroxylation is 1. The van der Waals surface area contributed by atoms with E-state index in [9.17, 15) is 9.59 Å². The molecule has 4 nitrogen and oxygen atoms in total. The highest BCUT2D eigenvalue weighted by Gasteiger charge is 2.16. The monoisotopic (exact) mass is 326 g/mol. The number of halogens is 1. The molecular formula is C14H19BrN2O2. The van der Waals surface area contributed by atoms with E-state index >= 15 is 0 Å². The highest BCUT2D eigenvalue weighted by Crippen LogP contribution is 2.20. The number of hydrogen-bond acceptors (Lipinski definition) is 2. The Hall–Kier alpha value is -1.36. The molecule has 1 aromatic rings. The summed E-state index contributed by atoms with van der Waals surface area (Å²) in [5.41, 5.74) is 1.82. The Morgan fingerprint density at radius 1 is 1.37 bits per heavy atom. The maximum Gasteiger partial charge on any atom is 0.244 e. The molecule has 1 rings (SSSR count). The molecule has 0 aliphatic heterocycles. The number of amides is 2. The zero-order chi connectivity index (χ0) is 14.6.